The minimum Gasteiger partial charge on any atom is -0.338 e. The van der Waals surface area contributed by atoms with Crippen molar-refractivity contribution in [3.63, 3.8) is 0 Å². The number of benzene rings is 1. The van der Waals surface area contributed by atoms with Gasteiger partial charge in [0.05, 0.1) is 0 Å². The largest absolute Gasteiger partial charge is 0.338 e. The van der Waals surface area contributed by atoms with E-state index in [1.165, 1.54) is 30.4 Å². The van der Waals surface area contributed by atoms with E-state index in [1.54, 1.807) is 4.90 Å². The van der Waals surface area contributed by atoms with E-state index < -0.39 is 0 Å². The molecule has 2 aliphatic carbocycles. The second kappa shape index (κ2) is 5.92. The molecular formula is C18H27N3O. The molecule has 0 aromatic heterocycles. The van der Waals surface area contributed by atoms with Gasteiger partial charge in [-0.25, -0.2) is 4.79 Å². The van der Waals surface area contributed by atoms with E-state index >= 15 is 0 Å². The third-order valence-corrected chi connectivity index (χ3v) is 5.36. The highest BCUT2D eigenvalue weighted by atomic mass is 16.2. The molecule has 1 saturated carbocycles. The van der Waals surface area contributed by atoms with Crippen molar-refractivity contribution in [2.24, 2.45) is 5.92 Å². The minimum atomic E-state index is 0.0511. The van der Waals surface area contributed by atoms with E-state index in [0.29, 0.717) is 11.3 Å². The van der Waals surface area contributed by atoms with Crippen molar-refractivity contribution in [1.29, 1.82) is 0 Å². The molecule has 120 valence electrons. The molecule has 2 amide bonds. The van der Waals surface area contributed by atoms with E-state index in [0.717, 1.165) is 19.6 Å². The van der Waals surface area contributed by atoms with Gasteiger partial charge >= 0.3 is 6.03 Å². The number of fused-ring (bicyclic) bond motifs is 2. The van der Waals surface area contributed by atoms with E-state index in [2.05, 4.69) is 34.5 Å². The Bertz CT molecular complexity index is 557. The zero-order valence-corrected chi connectivity index (χ0v) is 13.9. The van der Waals surface area contributed by atoms with Crippen molar-refractivity contribution < 1.29 is 4.79 Å². The van der Waals surface area contributed by atoms with Crippen LogP contribution < -0.4 is 5.32 Å². The maximum absolute atomic E-state index is 12.1. The summed E-state index contributed by atoms with van der Waals surface area (Å²) in [5.74, 6) is 0.613. The van der Waals surface area contributed by atoms with Gasteiger partial charge < -0.3 is 15.1 Å². The minimum absolute atomic E-state index is 0.0511. The van der Waals surface area contributed by atoms with Crippen molar-refractivity contribution >= 4 is 6.03 Å². The van der Waals surface area contributed by atoms with Crippen molar-refractivity contribution in [2.45, 2.75) is 24.7 Å². The Hall–Kier alpha value is -1.55. The number of carbonyl (C=O) groups is 1. The van der Waals surface area contributed by atoms with Gasteiger partial charge in [-0.15, -0.1) is 0 Å². The van der Waals surface area contributed by atoms with Crippen LogP contribution >= 0.6 is 0 Å². The van der Waals surface area contributed by atoms with Crippen molar-refractivity contribution in [3.8, 4) is 0 Å². The lowest BCUT2D eigenvalue weighted by molar-refractivity contribution is 0.203. The second-order valence-electron chi connectivity index (χ2n) is 7.13. The number of hydrogen-bond acceptors (Lipinski definition) is 2. The molecule has 0 aliphatic heterocycles. The average molecular weight is 301 g/mol. The third-order valence-electron chi connectivity index (χ3n) is 5.36. The smallest absolute Gasteiger partial charge is 0.317 e. The lowest BCUT2D eigenvalue weighted by atomic mass is 9.95. The number of hydrogen-bond donors (Lipinski definition) is 1. The molecule has 22 heavy (non-hydrogen) atoms. The molecule has 0 heterocycles. The Morgan fingerprint density at radius 3 is 2.82 bits per heavy atom. The highest BCUT2D eigenvalue weighted by Gasteiger charge is 2.57. The summed E-state index contributed by atoms with van der Waals surface area (Å²) < 4.78 is 0. The summed E-state index contributed by atoms with van der Waals surface area (Å²) >= 11 is 0. The van der Waals surface area contributed by atoms with Crippen LogP contribution in [0.4, 0.5) is 4.79 Å². The van der Waals surface area contributed by atoms with Crippen LogP contribution in [0.15, 0.2) is 24.3 Å². The molecule has 4 nitrogen and oxygen atoms in total. The fourth-order valence-electron chi connectivity index (χ4n) is 3.80. The van der Waals surface area contributed by atoms with Gasteiger partial charge in [0.15, 0.2) is 0 Å². The SMILES string of the molecule is CN(C)CCN(C)C(=O)NC[C@@H]1C[C@]12CCc1ccccc12. The lowest BCUT2D eigenvalue weighted by Crippen LogP contribution is -2.41. The lowest BCUT2D eigenvalue weighted by Gasteiger charge is -2.20. The molecule has 0 unspecified atom stereocenters. The van der Waals surface area contributed by atoms with Crippen LogP contribution in [0.3, 0.4) is 0 Å². The van der Waals surface area contributed by atoms with Gasteiger partial charge in [-0.3, -0.25) is 0 Å². The van der Waals surface area contributed by atoms with Gasteiger partial charge in [0.25, 0.3) is 0 Å². The summed E-state index contributed by atoms with van der Waals surface area (Å²) in [5, 5.41) is 3.12. The van der Waals surface area contributed by atoms with Crippen molar-refractivity contribution in [3.05, 3.63) is 35.4 Å². The van der Waals surface area contributed by atoms with Gasteiger partial charge in [-0.1, -0.05) is 24.3 Å². The molecule has 2 atom stereocenters. The number of likely N-dealkylation sites (N-methyl/N-ethyl adjacent to an activating group) is 2. The molecule has 0 radical (unpaired) electrons. The van der Waals surface area contributed by atoms with Gasteiger partial charge in [-0.2, -0.15) is 0 Å². The Morgan fingerprint density at radius 2 is 2.05 bits per heavy atom. The molecule has 1 aromatic carbocycles. The first-order chi connectivity index (χ1) is 10.5. The molecule has 4 heteroatoms. The zero-order chi connectivity index (χ0) is 15.7. The molecule has 1 N–H and O–H groups in total. The molecule has 1 fully saturated rings. The number of carbonyl (C=O) groups excluding carboxylic acids is 1. The monoisotopic (exact) mass is 301 g/mol. The fourth-order valence-corrected chi connectivity index (χ4v) is 3.80. The Balaban J connectivity index is 1.50. The molecular weight excluding hydrogens is 274 g/mol. The molecule has 1 aromatic rings. The van der Waals surface area contributed by atoms with Gasteiger partial charge in [0, 0.05) is 32.1 Å². The maximum atomic E-state index is 12.1. The number of nitrogens with one attached hydrogen (secondary N) is 1. The second-order valence-corrected chi connectivity index (χ2v) is 7.13. The van der Waals surface area contributed by atoms with Crippen LogP contribution in [0.5, 0.6) is 0 Å². The molecule has 0 saturated heterocycles. The number of urea groups is 1. The summed E-state index contributed by atoms with van der Waals surface area (Å²) in [5.41, 5.74) is 3.42. The summed E-state index contributed by atoms with van der Waals surface area (Å²) in [6.07, 6.45) is 3.68. The van der Waals surface area contributed by atoms with E-state index in [-0.39, 0.29) is 6.03 Å². The van der Waals surface area contributed by atoms with E-state index in [1.807, 2.05) is 21.1 Å². The quantitative estimate of drug-likeness (QED) is 0.904. The number of nitrogens with zero attached hydrogens (tertiary/aromatic N) is 2. The summed E-state index contributed by atoms with van der Waals surface area (Å²) in [6.45, 7) is 2.46. The standard InChI is InChI=1S/C18H27N3O/c1-20(2)10-11-21(3)17(22)19-13-15-12-18(15)9-8-14-6-4-5-7-16(14)18/h4-7,15H,8-13H2,1-3H3,(H,19,22)/t15-,18+/m0/s1. The van der Waals surface area contributed by atoms with E-state index in [9.17, 15) is 4.79 Å². The Kier molecular flexibility index (Phi) is 4.13. The molecule has 1 spiro atoms. The highest BCUT2D eigenvalue weighted by Crippen LogP contribution is 2.61. The highest BCUT2D eigenvalue weighted by molar-refractivity contribution is 5.73. The predicted molar refractivity (Wildman–Crippen MR) is 89.1 cm³/mol. The maximum Gasteiger partial charge on any atom is 0.317 e. The first-order valence-electron chi connectivity index (χ1n) is 8.25. The third kappa shape index (κ3) is 2.84. The number of amides is 2. The average Bonchev–Trinajstić information content (AvgIpc) is 3.09. The summed E-state index contributed by atoms with van der Waals surface area (Å²) in [6, 6.07) is 8.88. The topological polar surface area (TPSA) is 35.6 Å². The Morgan fingerprint density at radius 1 is 1.27 bits per heavy atom. The molecule has 0 bridgehead atoms. The predicted octanol–water partition coefficient (Wildman–Crippen LogP) is 2.09. The van der Waals surface area contributed by atoms with Crippen LogP contribution in [0, 0.1) is 5.92 Å². The Labute approximate surface area is 133 Å². The normalized spacial score (nSPS) is 25.4. The zero-order valence-electron chi connectivity index (χ0n) is 13.9. The van der Waals surface area contributed by atoms with Crippen LogP contribution in [-0.4, -0.2) is 56.6 Å². The van der Waals surface area contributed by atoms with Crippen LogP contribution in [0.25, 0.3) is 0 Å². The fraction of sp³-hybridized carbons (Fsp3) is 0.611. The van der Waals surface area contributed by atoms with Crippen LogP contribution in [-0.2, 0) is 11.8 Å². The first-order valence-corrected chi connectivity index (χ1v) is 8.25. The number of rotatable bonds is 5. The van der Waals surface area contributed by atoms with Crippen LogP contribution in [0.2, 0.25) is 0 Å². The summed E-state index contributed by atoms with van der Waals surface area (Å²) in [7, 11) is 5.92. The van der Waals surface area contributed by atoms with Gasteiger partial charge in [0.1, 0.15) is 0 Å². The van der Waals surface area contributed by atoms with E-state index in [4.69, 9.17) is 0 Å². The van der Waals surface area contributed by atoms with Crippen molar-refractivity contribution in [2.75, 3.05) is 40.8 Å². The first kappa shape index (κ1) is 15.3. The van der Waals surface area contributed by atoms with Gasteiger partial charge in [-0.05, 0) is 50.4 Å². The van der Waals surface area contributed by atoms with Crippen LogP contribution in [0.1, 0.15) is 24.0 Å². The molecule has 3 rings (SSSR count). The summed E-state index contributed by atoms with van der Waals surface area (Å²) in [4.78, 5) is 16.0. The molecule has 2 aliphatic rings. The number of aryl methyl sites for hydroxylation is 1. The van der Waals surface area contributed by atoms with Crippen molar-refractivity contribution in [1.82, 2.24) is 15.1 Å². The van der Waals surface area contributed by atoms with Gasteiger partial charge in [0.2, 0.25) is 0 Å².